The average molecular weight is 434 g/mol. The lowest BCUT2D eigenvalue weighted by Gasteiger charge is -2.31. The molecule has 0 fully saturated rings. The Morgan fingerprint density at radius 2 is 1.76 bits per heavy atom. The summed E-state index contributed by atoms with van der Waals surface area (Å²) in [5.74, 6) is -0.151. The maximum Gasteiger partial charge on any atom is 0.264 e. The summed E-state index contributed by atoms with van der Waals surface area (Å²) in [6.07, 6.45) is 0. The third-order valence-electron chi connectivity index (χ3n) is 4.63. The van der Waals surface area contributed by atoms with E-state index >= 15 is 0 Å². The van der Waals surface area contributed by atoms with Gasteiger partial charge >= 0.3 is 0 Å². The largest absolute Gasteiger partial charge is 0.497 e. The van der Waals surface area contributed by atoms with Crippen LogP contribution in [0.1, 0.15) is 24.1 Å². The highest BCUT2D eigenvalue weighted by molar-refractivity contribution is 7.92. The van der Waals surface area contributed by atoms with Crippen molar-refractivity contribution in [1.82, 2.24) is 0 Å². The maximum atomic E-state index is 13.6. The van der Waals surface area contributed by atoms with E-state index in [1.165, 1.54) is 17.5 Å². The monoisotopic (exact) mass is 433 g/mol. The van der Waals surface area contributed by atoms with Crippen molar-refractivity contribution in [3.8, 4) is 5.75 Å². The molecule has 3 aromatic rings. The molecule has 0 aliphatic carbocycles. The van der Waals surface area contributed by atoms with Gasteiger partial charge in [0.1, 0.15) is 11.6 Å². The van der Waals surface area contributed by atoms with Gasteiger partial charge in [0.05, 0.1) is 28.8 Å². The van der Waals surface area contributed by atoms with E-state index in [-0.39, 0.29) is 9.92 Å². The number of halogens is 2. The van der Waals surface area contributed by atoms with Gasteiger partial charge in [0.2, 0.25) is 0 Å². The van der Waals surface area contributed by atoms with Crippen LogP contribution in [0.15, 0.2) is 71.6 Å². The van der Waals surface area contributed by atoms with Gasteiger partial charge in [-0.1, -0.05) is 47.5 Å². The third kappa shape index (κ3) is 4.38. The molecule has 0 N–H and O–H groups in total. The summed E-state index contributed by atoms with van der Waals surface area (Å²) in [6.45, 7) is 3.75. The van der Waals surface area contributed by atoms with E-state index in [2.05, 4.69) is 0 Å². The lowest BCUT2D eigenvalue weighted by atomic mass is 10.1. The Morgan fingerprint density at radius 3 is 2.41 bits per heavy atom. The number of anilines is 1. The molecule has 7 heteroatoms. The molecule has 0 aromatic heterocycles. The van der Waals surface area contributed by atoms with Crippen molar-refractivity contribution < 1.29 is 17.5 Å². The van der Waals surface area contributed by atoms with E-state index in [1.54, 1.807) is 31.2 Å². The van der Waals surface area contributed by atoms with Crippen LogP contribution in [-0.4, -0.2) is 15.5 Å². The summed E-state index contributed by atoms with van der Waals surface area (Å²) >= 11 is 5.86. The second-order valence-corrected chi connectivity index (χ2v) is 8.89. The first-order valence-corrected chi connectivity index (χ1v) is 10.8. The molecule has 3 rings (SSSR count). The van der Waals surface area contributed by atoms with Gasteiger partial charge in [0.15, 0.2) is 0 Å². The van der Waals surface area contributed by atoms with Crippen LogP contribution >= 0.6 is 11.6 Å². The molecule has 0 amide bonds. The van der Waals surface area contributed by atoms with Gasteiger partial charge in [-0.15, -0.1) is 0 Å². The number of ether oxygens (including phenoxy) is 1. The summed E-state index contributed by atoms with van der Waals surface area (Å²) in [5, 5.41) is -0.250. The summed E-state index contributed by atoms with van der Waals surface area (Å²) in [7, 11) is -2.54. The van der Waals surface area contributed by atoms with Gasteiger partial charge in [-0.05, 0) is 49.7 Å². The fraction of sp³-hybridized carbons (Fsp3) is 0.182. The zero-order valence-corrected chi connectivity index (χ0v) is 17.8. The highest BCUT2D eigenvalue weighted by Crippen LogP contribution is 2.35. The first-order valence-electron chi connectivity index (χ1n) is 8.94. The first-order chi connectivity index (χ1) is 13.7. The Hall–Kier alpha value is -2.57. The van der Waals surface area contributed by atoms with Gasteiger partial charge in [0, 0.05) is 6.07 Å². The molecule has 0 heterocycles. The molecule has 0 saturated carbocycles. The lowest BCUT2D eigenvalue weighted by Crippen LogP contribution is -2.33. The summed E-state index contributed by atoms with van der Waals surface area (Å²) in [5.41, 5.74) is 2.27. The average Bonchev–Trinajstić information content (AvgIpc) is 2.70. The van der Waals surface area contributed by atoms with E-state index in [1.807, 2.05) is 31.2 Å². The predicted molar refractivity (Wildman–Crippen MR) is 114 cm³/mol. The van der Waals surface area contributed by atoms with Gasteiger partial charge in [-0.2, -0.15) is 0 Å². The number of sulfonamides is 1. The van der Waals surface area contributed by atoms with Crippen molar-refractivity contribution in [2.45, 2.75) is 24.8 Å². The maximum absolute atomic E-state index is 13.6. The van der Waals surface area contributed by atoms with Crippen LogP contribution in [0.2, 0.25) is 5.02 Å². The van der Waals surface area contributed by atoms with E-state index in [9.17, 15) is 12.8 Å². The molecule has 0 aliphatic rings. The van der Waals surface area contributed by atoms with E-state index in [0.29, 0.717) is 11.4 Å². The quantitative estimate of drug-likeness (QED) is 0.497. The standard InChI is InChI=1S/C22H21ClFNO3S/c1-15-6-4-7-17(12-15)16(2)25(18-8-5-9-19(13-18)28-3)29(26,27)20-10-11-22(24)21(23)14-20/h4-14,16H,1-3H3/t16-/m0/s1. The van der Waals surface area contributed by atoms with Crippen LogP contribution in [-0.2, 0) is 10.0 Å². The fourth-order valence-corrected chi connectivity index (χ4v) is 5.04. The first kappa shape index (κ1) is 21.1. The van der Waals surface area contributed by atoms with Crippen LogP contribution in [0.3, 0.4) is 0 Å². The van der Waals surface area contributed by atoms with E-state index in [0.717, 1.165) is 23.3 Å². The normalized spacial score (nSPS) is 12.4. The molecule has 3 aromatic carbocycles. The molecule has 0 unspecified atom stereocenters. The zero-order valence-electron chi connectivity index (χ0n) is 16.3. The van der Waals surface area contributed by atoms with E-state index < -0.39 is 21.9 Å². The van der Waals surface area contributed by atoms with Crippen molar-refractivity contribution in [3.05, 3.63) is 88.7 Å². The topological polar surface area (TPSA) is 46.6 Å². The molecule has 29 heavy (non-hydrogen) atoms. The smallest absolute Gasteiger partial charge is 0.264 e. The number of rotatable bonds is 6. The number of methoxy groups -OCH3 is 1. The Kier molecular flexibility index (Phi) is 6.15. The zero-order chi connectivity index (χ0) is 21.2. The minimum atomic E-state index is -4.05. The van der Waals surface area contributed by atoms with Crippen LogP contribution < -0.4 is 9.04 Å². The Morgan fingerprint density at radius 1 is 1.03 bits per heavy atom. The Labute approximate surface area is 175 Å². The summed E-state index contributed by atoms with van der Waals surface area (Å²) in [4.78, 5) is -0.0915. The summed E-state index contributed by atoms with van der Waals surface area (Å²) in [6, 6.07) is 17.3. The van der Waals surface area contributed by atoms with Gasteiger partial charge in [-0.3, -0.25) is 4.31 Å². The molecule has 152 valence electrons. The van der Waals surface area contributed by atoms with Crippen LogP contribution in [0.5, 0.6) is 5.75 Å². The van der Waals surface area contributed by atoms with E-state index in [4.69, 9.17) is 16.3 Å². The molecule has 0 spiro atoms. The van der Waals surface area contributed by atoms with Crippen molar-refractivity contribution in [3.63, 3.8) is 0 Å². The number of aryl methyl sites for hydroxylation is 1. The van der Waals surface area contributed by atoms with Crippen molar-refractivity contribution in [1.29, 1.82) is 0 Å². The van der Waals surface area contributed by atoms with Crippen molar-refractivity contribution in [2.75, 3.05) is 11.4 Å². The molecule has 0 bridgehead atoms. The third-order valence-corrected chi connectivity index (χ3v) is 6.82. The van der Waals surface area contributed by atoms with Crippen molar-refractivity contribution in [2.24, 2.45) is 0 Å². The highest BCUT2D eigenvalue weighted by atomic mass is 35.5. The Balaban J connectivity index is 2.19. The predicted octanol–water partition coefficient (Wildman–Crippen LogP) is 5.75. The van der Waals surface area contributed by atoms with Crippen molar-refractivity contribution >= 4 is 27.3 Å². The molecular weight excluding hydrogens is 413 g/mol. The fourth-order valence-electron chi connectivity index (χ4n) is 3.13. The highest BCUT2D eigenvalue weighted by Gasteiger charge is 2.31. The molecule has 4 nitrogen and oxygen atoms in total. The lowest BCUT2D eigenvalue weighted by molar-refractivity contribution is 0.415. The second-order valence-electron chi connectivity index (χ2n) is 6.67. The van der Waals surface area contributed by atoms with Crippen LogP contribution in [0, 0.1) is 12.7 Å². The Bertz CT molecular complexity index is 1130. The summed E-state index contributed by atoms with van der Waals surface area (Å²) < 4.78 is 47.4. The minimum absolute atomic E-state index is 0.0915. The van der Waals surface area contributed by atoms with Crippen LogP contribution in [0.4, 0.5) is 10.1 Å². The molecule has 0 saturated heterocycles. The van der Waals surface area contributed by atoms with Gasteiger partial charge in [0.25, 0.3) is 10.0 Å². The van der Waals surface area contributed by atoms with Gasteiger partial charge in [-0.25, -0.2) is 12.8 Å². The van der Waals surface area contributed by atoms with Crippen LogP contribution in [0.25, 0.3) is 0 Å². The number of benzene rings is 3. The SMILES string of the molecule is COc1cccc(N([C@@H](C)c2cccc(C)c2)S(=O)(=O)c2ccc(F)c(Cl)c2)c1. The minimum Gasteiger partial charge on any atom is -0.497 e. The molecular formula is C22H21ClFNO3S. The number of hydrogen-bond acceptors (Lipinski definition) is 3. The number of hydrogen-bond donors (Lipinski definition) is 0. The molecule has 1 atom stereocenters. The molecule has 0 radical (unpaired) electrons. The number of nitrogens with zero attached hydrogens (tertiary/aromatic N) is 1. The molecule has 0 aliphatic heterocycles. The van der Waals surface area contributed by atoms with Gasteiger partial charge < -0.3 is 4.74 Å². The second kappa shape index (κ2) is 8.43.